The molecule has 2 unspecified atom stereocenters. The van der Waals surface area contributed by atoms with Crippen molar-refractivity contribution in [2.45, 2.75) is 63.3 Å². The minimum atomic E-state index is -1.00. The second-order valence-corrected chi connectivity index (χ2v) is 12.8. The molecule has 0 radical (unpaired) electrons. The third-order valence-electron chi connectivity index (χ3n) is 9.60. The first-order valence-corrected chi connectivity index (χ1v) is 15.7. The SMILES string of the molecule is CC(C)[C@@H]1NC(=O)[C@@H](N)Cc2ccc3c(c2)C2(c4ccccc4NC2O3)c2oc1nc2C(=O)NCCc1c[nH]c2c1C=CCC2. The maximum absolute atomic E-state index is 14.2. The molecule has 3 aliphatic heterocycles. The largest absolute Gasteiger partial charge is 0.469 e. The molecule has 8 rings (SSSR count). The Morgan fingerprint density at radius 1 is 1.18 bits per heavy atom. The van der Waals surface area contributed by atoms with E-state index in [-0.39, 0.29) is 29.3 Å². The number of oxazole rings is 1. The van der Waals surface area contributed by atoms with E-state index in [0.29, 0.717) is 30.9 Å². The van der Waals surface area contributed by atoms with Crippen molar-refractivity contribution in [1.29, 1.82) is 0 Å². The van der Waals surface area contributed by atoms with Gasteiger partial charge < -0.3 is 35.8 Å². The van der Waals surface area contributed by atoms with E-state index in [1.165, 1.54) is 11.3 Å². The molecule has 1 spiro atoms. The fourth-order valence-corrected chi connectivity index (χ4v) is 7.33. The summed E-state index contributed by atoms with van der Waals surface area (Å²) in [5, 5.41) is 9.71. The lowest BCUT2D eigenvalue weighted by atomic mass is 9.72. The van der Waals surface area contributed by atoms with Crippen LogP contribution >= 0.6 is 0 Å². The molecule has 45 heavy (non-hydrogen) atoms. The van der Waals surface area contributed by atoms with Crippen molar-refractivity contribution < 1.29 is 18.7 Å². The second kappa shape index (κ2) is 10.4. The van der Waals surface area contributed by atoms with Crippen LogP contribution in [0.25, 0.3) is 6.08 Å². The summed E-state index contributed by atoms with van der Waals surface area (Å²) in [5.74, 6) is 0.590. The molecule has 1 aliphatic carbocycles. The lowest BCUT2D eigenvalue weighted by Crippen LogP contribution is -2.45. The summed E-state index contributed by atoms with van der Waals surface area (Å²) in [7, 11) is 0. The Hall–Kier alpha value is -4.83. The number of ether oxygens (including phenoxy) is 1. The molecule has 0 saturated carbocycles. The first kappa shape index (κ1) is 27.7. The second-order valence-electron chi connectivity index (χ2n) is 12.8. The molecule has 0 fully saturated rings. The highest BCUT2D eigenvalue weighted by Gasteiger charge is 2.61. The zero-order chi connectivity index (χ0) is 30.9. The number of aromatic nitrogens is 2. The molecular formula is C35H36N6O4. The van der Waals surface area contributed by atoms with Crippen LogP contribution in [0.2, 0.25) is 0 Å². The number of hydrogen-bond acceptors (Lipinski definition) is 7. The minimum Gasteiger partial charge on any atom is -0.469 e. The lowest BCUT2D eigenvalue weighted by Gasteiger charge is -2.28. The van der Waals surface area contributed by atoms with Crippen LogP contribution in [0.15, 0.2) is 59.2 Å². The quantitative estimate of drug-likeness (QED) is 0.230. The Kier molecular flexibility index (Phi) is 6.39. The van der Waals surface area contributed by atoms with Gasteiger partial charge in [0.25, 0.3) is 5.91 Å². The number of carbonyl (C=O) groups is 2. The third-order valence-corrected chi connectivity index (χ3v) is 9.60. The lowest BCUT2D eigenvalue weighted by molar-refractivity contribution is -0.123. The molecular weight excluding hydrogens is 568 g/mol. The molecule has 4 bridgehead atoms. The fraction of sp³-hybridized carbons (Fsp3) is 0.343. The summed E-state index contributed by atoms with van der Waals surface area (Å²) in [6.45, 7) is 4.37. The number of allylic oxidation sites excluding steroid dienone is 1. The van der Waals surface area contributed by atoms with Crippen molar-refractivity contribution in [3.8, 4) is 5.75 Å². The molecule has 6 N–H and O–H groups in total. The van der Waals surface area contributed by atoms with Gasteiger partial charge >= 0.3 is 0 Å². The van der Waals surface area contributed by atoms with Crippen molar-refractivity contribution >= 4 is 23.6 Å². The zero-order valence-corrected chi connectivity index (χ0v) is 25.3. The first-order valence-electron chi connectivity index (χ1n) is 15.7. The Bertz CT molecular complexity index is 1870. The van der Waals surface area contributed by atoms with Gasteiger partial charge in [-0.15, -0.1) is 0 Å². The highest BCUT2D eigenvalue weighted by atomic mass is 16.5. The number of aryl methyl sites for hydroxylation is 1. The molecule has 10 nitrogen and oxygen atoms in total. The maximum atomic E-state index is 14.2. The van der Waals surface area contributed by atoms with E-state index >= 15 is 0 Å². The van der Waals surface area contributed by atoms with Crippen LogP contribution in [0.5, 0.6) is 5.75 Å². The average molecular weight is 605 g/mol. The van der Waals surface area contributed by atoms with Gasteiger partial charge in [-0.1, -0.05) is 56.3 Å². The number of anilines is 1. The number of H-pyrrole nitrogens is 1. The number of carbonyl (C=O) groups excluding carboxylic acids is 2. The topological polar surface area (TPSA) is 147 Å². The number of benzene rings is 2. The number of nitrogens with one attached hydrogen (secondary N) is 4. The van der Waals surface area contributed by atoms with Crippen LogP contribution in [-0.4, -0.2) is 40.6 Å². The smallest absolute Gasteiger partial charge is 0.273 e. The number of nitrogens with zero attached hydrogens (tertiary/aromatic N) is 1. The van der Waals surface area contributed by atoms with Crippen LogP contribution in [0.4, 0.5) is 5.69 Å². The van der Waals surface area contributed by atoms with Gasteiger partial charge in [-0.3, -0.25) is 9.59 Å². The van der Waals surface area contributed by atoms with Gasteiger partial charge in [0.15, 0.2) is 17.7 Å². The summed E-state index contributed by atoms with van der Waals surface area (Å²) in [6.07, 6.45) is 8.83. The van der Waals surface area contributed by atoms with Gasteiger partial charge in [0.05, 0.1) is 6.04 Å². The average Bonchev–Trinajstić information content (AvgIpc) is 3.79. The molecule has 4 atom stereocenters. The molecule has 4 aromatic rings. The molecule has 2 aromatic heterocycles. The molecule has 230 valence electrons. The van der Waals surface area contributed by atoms with Crippen LogP contribution in [-0.2, 0) is 29.5 Å². The van der Waals surface area contributed by atoms with E-state index in [9.17, 15) is 9.59 Å². The van der Waals surface area contributed by atoms with Gasteiger partial charge in [-0.05, 0) is 66.0 Å². The van der Waals surface area contributed by atoms with Crippen LogP contribution in [0, 0.1) is 5.92 Å². The molecule has 2 aromatic carbocycles. The van der Waals surface area contributed by atoms with E-state index in [1.54, 1.807) is 0 Å². The summed E-state index contributed by atoms with van der Waals surface area (Å²) in [4.78, 5) is 35.7. The number of fused-ring (bicyclic) bond motifs is 5. The van der Waals surface area contributed by atoms with Crippen LogP contribution in [0.1, 0.15) is 82.0 Å². The van der Waals surface area contributed by atoms with E-state index < -0.39 is 23.7 Å². The standard InChI is InChI=1S/C35H36N6O4/c1-18(2)28-33-41-29(32(43)37-14-13-20-17-38-25-9-5-3-7-21(20)25)30(45-33)35-22-8-4-6-10-26(22)39-34(35)44-27-12-11-19(15-23(27)35)16-24(36)31(42)40-28/h3-4,6-8,10-12,15,17-18,24,28,34,38-39H,5,9,13-14,16,36H2,1-2H3,(H,37,43)(H,40,42)/t24-,28-,34?,35?/m0/s1. The van der Waals surface area contributed by atoms with E-state index in [2.05, 4.69) is 33.1 Å². The number of aromatic amines is 1. The summed E-state index contributed by atoms with van der Waals surface area (Å²) >= 11 is 0. The highest BCUT2D eigenvalue weighted by molar-refractivity contribution is 5.95. The molecule has 2 amide bonds. The Labute approximate surface area is 260 Å². The molecule has 10 heteroatoms. The highest BCUT2D eigenvalue weighted by Crippen LogP contribution is 2.58. The van der Waals surface area contributed by atoms with Crippen molar-refractivity contribution in [2.24, 2.45) is 11.7 Å². The number of nitrogens with two attached hydrogens (primary N) is 1. The first-order chi connectivity index (χ1) is 21.8. The van der Waals surface area contributed by atoms with Gasteiger partial charge in [-0.25, -0.2) is 4.98 Å². The van der Waals surface area contributed by atoms with Crippen LogP contribution in [0.3, 0.4) is 0 Å². The van der Waals surface area contributed by atoms with Gasteiger partial charge in [0.1, 0.15) is 17.2 Å². The van der Waals surface area contributed by atoms with Crippen molar-refractivity contribution in [3.63, 3.8) is 0 Å². The summed E-state index contributed by atoms with van der Waals surface area (Å²) < 4.78 is 13.3. The normalized spacial score (nSPS) is 24.0. The maximum Gasteiger partial charge on any atom is 0.273 e. The molecule has 4 aliphatic rings. The van der Waals surface area contributed by atoms with Gasteiger partial charge in [0, 0.05) is 29.7 Å². The number of rotatable bonds is 5. The Balaban J connectivity index is 1.26. The van der Waals surface area contributed by atoms with Crippen molar-refractivity contribution in [3.05, 3.63) is 106 Å². The number of hydrogen-bond donors (Lipinski definition) is 5. The molecule has 5 heterocycles. The van der Waals surface area contributed by atoms with Gasteiger partial charge in [0.2, 0.25) is 11.8 Å². The fourth-order valence-electron chi connectivity index (χ4n) is 7.33. The monoisotopic (exact) mass is 604 g/mol. The summed E-state index contributed by atoms with van der Waals surface area (Å²) in [6, 6.07) is 12.5. The summed E-state index contributed by atoms with van der Waals surface area (Å²) in [5.41, 5.74) is 12.8. The van der Waals surface area contributed by atoms with Crippen molar-refractivity contribution in [2.75, 3.05) is 11.9 Å². The minimum absolute atomic E-state index is 0.0881. The number of para-hydroxylation sites is 1. The van der Waals surface area contributed by atoms with Gasteiger partial charge in [-0.2, -0.15) is 0 Å². The zero-order valence-electron chi connectivity index (χ0n) is 25.3. The Morgan fingerprint density at radius 2 is 2.04 bits per heavy atom. The predicted molar refractivity (Wildman–Crippen MR) is 169 cm³/mol. The van der Waals surface area contributed by atoms with Crippen molar-refractivity contribution in [1.82, 2.24) is 20.6 Å². The third kappa shape index (κ3) is 4.23. The number of amides is 2. The van der Waals surface area contributed by atoms with E-state index in [0.717, 1.165) is 40.8 Å². The van der Waals surface area contributed by atoms with E-state index in [4.69, 9.17) is 19.9 Å². The Morgan fingerprint density at radius 3 is 2.91 bits per heavy atom. The van der Waals surface area contributed by atoms with Crippen LogP contribution < -0.4 is 26.4 Å². The van der Waals surface area contributed by atoms with E-state index in [1.807, 2.05) is 62.5 Å². The molecule has 0 saturated heterocycles. The predicted octanol–water partition coefficient (Wildman–Crippen LogP) is 4.11.